The number of nitrogens with zero attached hydrogens (tertiary/aromatic N) is 4. The molecule has 3 aromatic heterocycles. The molecule has 1 N–H and O–H groups in total. The average Bonchev–Trinajstić information content (AvgIpc) is 3.36. The third kappa shape index (κ3) is 3.46. The number of hydrogen-bond acceptors (Lipinski definition) is 5. The van der Waals surface area contributed by atoms with Gasteiger partial charge in [0, 0.05) is 29.9 Å². The summed E-state index contributed by atoms with van der Waals surface area (Å²) in [5.41, 5.74) is 4.60. The van der Waals surface area contributed by atoms with E-state index in [1.807, 2.05) is 80.7 Å². The molecule has 0 unspecified atom stereocenters. The van der Waals surface area contributed by atoms with Gasteiger partial charge >= 0.3 is 0 Å². The number of aromatic nitrogens is 4. The molecule has 0 fully saturated rings. The first-order valence-electron chi connectivity index (χ1n) is 9.83. The molecule has 0 atom stereocenters. The number of rotatable bonds is 4. The number of hydrogen-bond donors (Lipinski definition) is 1. The second-order valence-corrected chi connectivity index (χ2v) is 7.25. The quantitative estimate of drug-likeness (QED) is 0.459. The van der Waals surface area contributed by atoms with Gasteiger partial charge in [-0.25, -0.2) is 4.98 Å². The summed E-state index contributed by atoms with van der Waals surface area (Å²) in [6.07, 6.45) is 0. The third-order valence-electron chi connectivity index (χ3n) is 5.16. The maximum absolute atomic E-state index is 13.4. The van der Waals surface area contributed by atoms with Crippen molar-refractivity contribution < 1.29 is 9.32 Å². The monoisotopic (exact) mass is 409 g/mol. The van der Waals surface area contributed by atoms with Gasteiger partial charge in [-0.3, -0.25) is 9.48 Å². The highest BCUT2D eigenvalue weighted by Gasteiger charge is 2.22. The van der Waals surface area contributed by atoms with Crippen LogP contribution >= 0.6 is 0 Å². The zero-order valence-electron chi connectivity index (χ0n) is 17.0. The van der Waals surface area contributed by atoms with Crippen LogP contribution in [0.2, 0.25) is 0 Å². The largest absolute Gasteiger partial charge is 0.335 e. The molecule has 152 valence electrons. The fraction of sp³-hybridized carbons (Fsp3) is 0.0833. The highest BCUT2D eigenvalue weighted by Crippen LogP contribution is 2.33. The van der Waals surface area contributed by atoms with Gasteiger partial charge in [0.2, 0.25) is 0 Å². The first kappa shape index (κ1) is 18.7. The molecule has 7 nitrogen and oxygen atoms in total. The number of carbonyl (C=O) groups is 1. The molecule has 0 spiro atoms. The van der Waals surface area contributed by atoms with Crippen molar-refractivity contribution in [3.8, 4) is 22.5 Å². The van der Waals surface area contributed by atoms with E-state index in [0.717, 1.165) is 16.8 Å². The Balaban J connectivity index is 1.68. The average molecular weight is 409 g/mol. The molecule has 1 amide bonds. The second-order valence-electron chi connectivity index (χ2n) is 7.25. The third-order valence-corrected chi connectivity index (χ3v) is 5.16. The van der Waals surface area contributed by atoms with E-state index in [2.05, 4.69) is 20.6 Å². The molecule has 5 aromatic rings. The number of carbonyl (C=O) groups excluding carboxylic acids is 1. The van der Waals surface area contributed by atoms with Gasteiger partial charge < -0.3 is 9.84 Å². The number of amides is 1. The normalized spacial score (nSPS) is 11.0. The molecule has 0 aliphatic heterocycles. The van der Waals surface area contributed by atoms with Gasteiger partial charge in [-0.15, -0.1) is 0 Å². The van der Waals surface area contributed by atoms with Crippen LogP contribution in [0.1, 0.15) is 16.1 Å². The summed E-state index contributed by atoms with van der Waals surface area (Å²) in [4.78, 5) is 18.0. The summed E-state index contributed by atoms with van der Waals surface area (Å²) in [7, 11) is 1.83. The lowest BCUT2D eigenvalue weighted by Crippen LogP contribution is -2.13. The molecule has 0 saturated carbocycles. The van der Waals surface area contributed by atoms with Gasteiger partial charge in [0.15, 0.2) is 5.82 Å². The lowest BCUT2D eigenvalue weighted by atomic mass is 10.0. The zero-order valence-corrected chi connectivity index (χ0v) is 17.0. The molecule has 31 heavy (non-hydrogen) atoms. The molecule has 0 bridgehead atoms. The lowest BCUT2D eigenvalue weighted by molar-refractivity contribution is 0.102. The smallest absolute Gasteiger partial charge is 0.259 e. The Bertz CT molecular complexity index is 1370. The van der Waals surface area contributed by atoms with Gasteiger partial charge in [-0.2, -0.15) is 5.10 Å². The van der Waals surface area contributed by atoms with Crippen molar-refractivity contribution in [1.82, 2.24) is 19.9 Å². The summed E-state index contributed by atoms with van der Waals surface area (Å²) in [5.74, 6) is 0.178. The van der Waals surface area contributed by atoms with E-state index in [4.69, 9.17) is 4.52 Å². The van der Waals surface area contributed by atoms with Crippen molar-refractivity contribution >= 4 is 22.8 Å². The van der Waals surface area contributed by atoms with E-state index in [0.29, 0.717) is 33.9 Å². The second kappa shape index (κ2) is 7.53. The fourth-order valence-corrected chi connectivity index (χ4v) is 3.49. The highest BCUT2D eigenvalue weighted by molar-refractivity contribution is 6.15. The van der Waals surface area contributed by atoms with Gasteiger partial charge in [0.25, 0.3) is 11.6 Å². The SMILES string of the molecule is Cc1cc(NC(=O)c2cc(-c3ccccc3)nc3onc(-c4ccccc4)c23)nn1C. The summed E-state index contributed by atoms with van der Waals surface area (Å²) in [5, 5.41) is 12.0. The van der Waals surface area contributed by atoms with E-state index in [1.54, 1.807) is 10.7 Å². The minimum atomic E-state index is -0.303. The van der Waals surface area contributed by atoms with Crippen LogP contribution in [0.25, 0.3) is 33.6 Å². The minimum Gasteiger partial charge on any atom is -0.335 e. The van der Waals surface area contributed by atoms with Crippen LogP contribution < -0.4 is 5.32 Å². The molecule has 0 aliphatic rings. The maximum Gasteiger partial charge on any atom is 0.259 e. The van der Waals surface area contributed by atoms with Gasteiger partial charge in [-0.05, 0) is 13.0 Å². The number of nitrogens with one attached hydrogen (secondary N) is 1. The van der Waals surface area contributed by atoms with Crippen LogP contribution in [0.15, 0.2) is 77.3 Å². The van der Waals surface area contributed by atoms with Crippen LogP contribution in [0, 0.1) is 6.92 Å². The summed E-state index contributed by atoms with van der Waals surface area (Å²) < 4.78 is 7.28. The molecule has 0 radical (unpaired) electrons. The predicted molar refractivity (Wildman–Crippen MR) is 119 cm³/mol. The van der Waals surface area contributed by atoms with Crippen molar-refractivity contribution in [3.05, 3.63) is 84.1 Å². The Morgan fingerprint density at radius 3 is 2.29 bits per heavy atom. The van der Waals surface area contributed by atoms with E-state index in [-0.39, 0.29) is 5.91 Å². The molecular formula is C24H19N5O2. The van der Waals surface area contributed by atoms with Crippen LogP contribution in [0.3, 0.4) is 0 Å². The minimum absolute atomic E-state index is 0.303. The molecule has 2 aromatic carbocycles. The van der Waals surface area contributed by atoms with Crippen LogP contribution in [0.5, 0.6) is 0 Å². The Hall–Kier alpha value is -4.26. The molecule has 3 heterocycles. The maximum atomic E-state index is 13.4. The van der Waals surface area contributed by atoms with Gasteiger partial charge in [0.1, 0.15) is 5.69 Å². The van der Waals surface area contributed by atoms with Crippen molar-refractivity contribution in [1.29, 1.82) is 0 Å². The number of aryl methyl sites for hydroxylation is 2. The van der Waals surface area contributed by atoms with E-state index in [9.17, 15) is 4.79 Å². The van der Waals surface area contributed by atoms with Crippen molar-refractivity contribution in [2.24, 2.45) is 7.05 Å². The lowest BCUT2D eigenvalue weighted by Gasteiger charge is -2.08. The van der Waals surface area contributed by atoms with E-state index < -0.39 is 0 Å². The molecule has 0 saturated heterocycles. The van der Waals surface area contributed by atoms with Crippen molar-refractivity contribution in [2.75, 3.05) is 5.32 Å². The first-order chi connectivity index (χ1) is 15.1. The summed E-state index contributed by atoms with van der Waals surface area (Å²) in [6.45, 7) is 1.92. The first-order valence-corrected chi connectivity index (χ1v) is 9.83. The van der Waals surface area contributed by atoms with Crippen molar-refractivity contribution in [2.45, 2.75) is 6.92 Å². The van der Waals surface area contributed by atoms with E-state index in [1.165, 1.54) is 0 Å². The number of fused-ring (bicyclic) bond motifs is 1. The van der Waals surface area contributed by atoms with Gasteiger partial charge in [0.05, 0.1) is 16.6 Å². The van der Waals surface area contributed by atoms with Crippen LogP contribution in [-0.2, 0) is 7.05 Å². The highest BCUT2D eigenvalue weighted by atomic mass is 16.5. The Kier molecular flexibility index (Phi) is 4.55. The fourth-order valence-electron chi connectivity index (χ4n) is 3.49. The topological polar surface area (TPSA) is 85.8 Å². The number of benzene rings is 2. The summed E-state index contributed by atoms with van der Waals surface area (Å²) in [6, 6.07) is 22.8. The number of anilines is 1. The van der Waals surface area contributed by atoms with Gasteiger partial charge in [-0.1, -0.05) is 65.8 Å². The van der Waals surface area contributed by atoms with Crippen LogP contribution in [0.4, 0.5) is 5.82 Å². The molecular weight excluding hydrogens is 390 g/mol. The summed E-state index contributed by atoms with van der Waals surface area (Å²) >= 11 is 0. The standard InChI is InChI=1S/C24H19N5O2/c1-15-13-20(27-29(15)2)26-23(30)18-14-19(16-9-5-3-6-10-16)25-24-21(18)22(28-31-24)17-11-7-4-8-12-17/h3-14H,1-2H3,(H,26,27,30). The predicted octanol–water partition coefficient (Wildman–Crippen LogP) is 4.85. The van der Waals surface area contributed by atoms with E-state index >= 15 is 0 Å². The molecule has 0 aliphatic carbocycles. The van der Waals surface area contributed by atoms with Crippen LogP contribution in [-0.4, -0.2) is 25.8 Å². The number of pyridine rings is 1. The van der Waals surface area contributed by atoms with Crippen molar-refractivity contribution in [3.63, 3.8) is 0 Å². The zero-order chi connectivity index (χ0) is 21.4. The Morgan fingerprint density at radius 1 is 0.968 bits per heavy atom. The Morgan fingerprint density at radius 2 is 1.65 bits per heavy atom. The molecule has 5 rings (SSSR count). The molecule has 7 heteroatoms. The Labute approximate surface area is 178 Å².